The second-order valence-electron chi connectivity index (χ2n) is 6.37. The molecule has 3 heteroatoms. The van der Waals surface area contributed by atoms with Crippen LogP contribution < -0.4 is 5.32 Å². The summed E-state index contributed by atoms with van der Waals surface area (Å²) < 4.78 is 0. The third-order valence-corrected chi connectivity index (χ3v) is 4.90. The van der Waals surface area contributed by atoms with Crippen LogP contribution in [0.25, 0.3) is 0 Å². The molecule has 3 nitrogen and oxygen atoms in total. The summed E-state index contributed by atoms with van der Waals surface area (Å²) >= 11 is 0. The van der Waals surface area contributed by atoms with Crippen LogP contribution in [0.3, 0.4) is 0 Å². The summed E-state index contributed by atoms with van der Waals surface area (Å²) in [7, 11) is 2.22. The molecule has 2 rings (SSSR count). The Bertz CT molecular complexity index is 224. The van der Waals surface area contributed by atoms with Gasteiger partial charge in [0.15, 0.2) is 0 Å². The highest BCUT2D eigenvalue weighted by atomic mass is 15.2. The van der Waals surface area contributed by atoms with Crippen LogP contribution in [0.1, 0.15) is 32.6 Å². The predicted octanol–water partition coefficient (Wildman–Crippen LogP) is 1.65. The first kappa shape index (κ1) is 14.3. The lowest BCUT2D eigenvalue weighted by atomic mass is 9.80. The molecule has 0 amide bonds. The van der Waals surface area contributed by atoms with E-state index in [1.807, 2.05) is 0 Å². The largest absolute Gasteiger partial charge is 0.315 e. The number of rotatable bonds is 5. The van der Waals surface area contributed by atoms with E-state index in [1.54, 1.807) is 0 Å². The second kappa shape index (κ2) is 7.46. The first-order valence-corrected chi connectivity index (χ1v) is 7.87. The lowest BCUT2D eigenvalue weighted by Crippen LogP contribution is -2.46. The van der Waals surface area contributed by atoms with Crippen molar-refractivity contribution in [1.82, 2.24) is 15.1 Å². The van der Waals surface area contributed by atoms with Gasteiger partial charge in [0.25, 0.3) is 0 Å². The minimum atomic E-state index is 0.936. The highest BCUT2D eigenvalue weighted by Gasteiger charge is 2.20. The van der Waals surface area contributed by atoms with Crippen molar-refractivity contribution in [2.45, 2.75) is 32.6 Å². The molecule has 2 fully saturated rings. The van der Waals surface area contributed by atoms with Gasteiger partial charge in [0.2, 0.25) is 0 Å². The molecule has 0 radical (unpaired) electrons. The lowest BCUT2D eigenvalue weighted by Gasteiger charge is -2.33. The van der Waals surface area contributed by atoms with Gasteiger partial charge in [0, 0.05) is 39.3 Å². The van der Waals surface area contributed by atoms with E-state index in [2.05, 4.69) is 29.1 Å². The topological polar surface area (TPSA) is 18.5 Å². The van der Waals surface area contributed by atoms with Crippen molar-refractivity contribution in [2.75, 3.05) is 52.9 Å². The Balaban J connectivity index is 1.53. The highest BCUT2D eigenvalue weighted by Crippen LogP contribution is 2.28. The zero-order valence-electron chi connectivity index (χ0n) is 12.3. The van der Waals surface area contributed by atoms with E-state index in [1.165, 1.54) is 71.5 Å². The summed E-state index contributed by atoms with van der Waals surface area (Å²) in [5.41, 5.74) is 0. The van der Waals surface area contributed by atoms with Gasteiger partial charge in [-0.1, -0.05) is 26.2 Å². The molecule has 1 saturated carbocycles. The number of likely N-dealkylation sites (N-methyl/N-ethyl adjacent to an activating group) is 1. The fourth-order valence-corrected chi connectivity index (χ4v) is 3.29. The lowest BCUT2D eigenvalue weighted by molar-refractivity contribution is 0.153. The Morgan fingerprint density at radius 3 is 2.50 bits per heavy atom. The summed E-state index contributed by atoms with van der Waals surface area (Å²) in [5, 5.41) is 3.69. The molecule has 2 unspecified atom stereocenters. The standard InChI is InChI=1S/C15H31N3/c1-14-5-3-4-6-15(14)13-16-7-8-18-11-9-17(2)10-12-18/h14-16H,3-13H2,1-2H3. The fraction of sp³-hybridized carbons (Fsp3) is 1.00. The Kier molecular flexibility index (Phi) is 5.93. The molecule has 0 aromatic rings. The molecular formula is C15H31N3. The van der Waals surface area contributed by atoms with Crippen molar-refractivity contribution in [3.63, 3.8) is 0 Å². The van der Waals surface area contributed by atoms with Crippen LogP contribution in [-0.4, -0.2) is 62.7 Å². The fourth-order valence-electron chi connectivity index (χ4n) is 3.29. The molecule has 2 atom stereocenters. The number of hydrogen-bond acceptors (Lipinski definition) is 3. The average Bonchev–Trinajstić information content (AvgIpc) is 2.39. The molecule has 0 bridgehead atoms. The van der Waals surface area contributed by atoms with E-state index in [0.29, 0.717) is 0 Å². The van der Waals surface area contributed by atoms with E-state index in [9.17, 15) is 0 Å². The van der Waals surface area contributed by atoms with Crippen LogP contribution in [0, 0.1) is 11.8 Å². The van der Waals surface area contributed by atoms with E-state index >= 15 is 0 Å². The molecule has 0 aromatic carbocycles. The van der Waals surface area contributed by atoms with Crippen LogP contribution in [0.2, 0.25) is 0 Å². The molecule has 2 aliphatic rings. The van der Waals surface area contributed by atoms with E-state index in [-0.39, 0.29) is 0 Å². The van der Waals surface area contributed by atoms with E-state index in [0.717, 1.165) is 11.8 Å². The highest BCUT2D eigenvalue weighted by molar-refractivity contribution is 4.75. The minimum absolute atomic E-state index is 0.936. The van der Waals surface area contributed by atoms with Gasteiger partial charge in [0.1, 0.15) is 0 Å². The monoisotopic (exact) mass is 253 g/mol. The third kappa shape index (κ3) is 4.52. The van der Waals surface area contributed by atoms with E-state index in [4.69, 9.17) is 0 Å². The van der Waals surface area contributed by atoms with Crippen molar-refractivity contribution in [2.24, 2.45) is 11.8 Å². The van der Waals surface area contributed by atoms with Crippen molar-refractivity contribution >= 4 is 0 Å². The summed E-state index contributed by atoms with van der Waals surface area (Å²) in [6, 6.07) is 0. The van der Waals surface area contributed by atoms with Gasteiger partial charge in [-0.2, -0.15) is 0 Å². The molecule has 0 aromatic heterocycles. The van der Waals surface area contributed by atoms with Crippen LogP contribution in [-0.2, 0) is 0 Å². The molecular weight excluding hydrogens is 222 g/mol. The van der Waals surface area contributed by atoms with Crippen LogP contribution >= 0.6 is 0 Å². The molecule has 18 heavy (non-hydrogen) atoms. The maximum absolute atomic E-state index is 3.69. The van der Waals surface area contributed by atoms with Gasteiger partial charge in [0.05, 0.1) is 0 Å². The molecule has 1 N–H and O–H groups in total. The van der Waals surface area contributed by atoms with Gasteiger partial charge in [-0.3, -0.25) is 4.90 Å². The maximum atomic E-state index is 3.69. The molecule has 106 valence electrons. The first-order valence-electron chi connectivity index (χ1n) is 7.87. The van der Waals surface area contributed by atoms with Crippen molar-refractivity contribution in [3.8, 4) is 0 Å². The molecule has 0 spiro atoms. The number of hydrogen-bond donors (Lipinski definition) is 1. The Labute approximate surface area is 113 Å². The zero-order valence-corrected chi connectivity index (χ0v) is 12.3. The summed E-state index contributed by atoms with van der Waals surface area (Å²) in [6.07, 6.45) is 5.81. The normalized spacial score (nSPS) is 31.7. The number of nitrogens with one attached hydrogen (secondary N) is 1. The quantitative estimate of drug-likeness (QED) is 0.752. The third-order valence-electron chi connectivity index (χ3n) is 4.90. The SMILES string of the molecule is CC1CCCCC1CNCCN1CCN(C)CC1. The Morgan fingerprint density at radius 1 is 1.06 bits per heavy atom. The number of piperazine rings is 1. The molecule has 1 heterocycles. The summed E-state index contributed by atoms with van der Waals surface area (Å²) in [4.78, 5) is 5.02. The van der Waals surface area contributed by atoms with Crippen molar-refractivity contribution in [3.05, 3.63) is 0 Å². The van der Waals surface area contributed by atoms with Gasteiger partial charge in [-0.25, -0.2) is 0 Å². The predicted molar refractivity (Wildman–Crippen MR) is 77.9 cm³/mol. The molecule has 1 aliphatic carbocycles. The van der Waals surface area contributed by atoms with Crippen molar-refractivity contribution in [1.29, 1.82) is 0 Å². The van der Waals surface area contributed by atoms with E-state index < -0.39 is 0 Å². The molecule has 1 aliphatic heterocycles. The van der Waals surface area contributed by atoms with Crippen LogP contribution in [0.15, 0.2) is 0 Å². The smallest absolute Gasteiger partial charge is 0.0110 e. The van der Waals surface area contributed by atoms with Gasteiger partial charge >= 0.3 is 0 Å². The Morgan fingerprint density at radius 2 is 1.78 bits per heavy atom. The molecule has 1 saturated heterocycles. The minimum Gasteiger partial charge on any atom is -0.315 e. The average molecular weight is 253 g/mol. The van der Waals surface area contributed by atoms with Crippen LogP contribution in [0.5, 0.6) is 0 Å². The van der Waals surface area contributed by atoms with Crippen molar-refractivity contribution < 1.29 is 0 Å². The van der Waals surface area contributed by atoms with Gasteiger partial charge < -0.3 is 10.2 Å². The summed E-state index contributed by atoms with van der Waals surface area (Å²) in [5.74, 6) is 1.88. The van der Waals surface area contributed by atoms with Crippen LogP contribution in [0.4, 0.5) is 0 Å². The second-order valence-corrected chi connectivity index (χ2v) is 6.37. The maximum Gasteiger partial charge on any atom is 0.0110 e. The van der Waals surface area contributed by atoms with Gasteiger partial charge in [-0.05, 0) is 31.8 Å². The number of nitrogens with zero attached hydrogens (tertiary/aromatic N) is 2. The zero-order chi connectivity index (χ0) is 12.8. The summed E-state index contributed by atoms with van der Waals surface area (Å²) in [6.45, 7) is 11.1. The Hall–Kier alpha value is -0.120. The first-order chi connectivity index (χ1) is 8.75. The van der Waals surface area contributed by atoms with Gasteiger partial charge in [-0.15, -0.1) is 0 Å².